The summed E-state index contributed by atoms with van der Waals surface area (Å²) in [5.74, 6) is 1.79. The van der Waals surface area contributed by atoms with Gasteiger partial charge in [0.05, 0.1) is 18.8 Å². The van der Waals surface area contributed by atoms with E-state index in [1.165, 1.54) is 57.9 Å². The van der Waals surface area contributed by atoms with E-state index in [2.05, 4.69) is 48.1 Å². The normalized spacial score (nSPS) is 47.8. The Kier molecular flexibility index (Phi) is 9.97. The summed E-state index contributed by atoms with van der Waals surface area (Å²) in [6.45, 7) is 26.2. The fourth-order valence-electron chi connectivity index (χ4n) is 14.0. The monoisotopic (exact) mass is 698 g/mol. The lowest BCUT2D eigenvalue weighted by Crippen LogP contribution is -2.67. The van der Waals surface area contributed by atoms with Crippen LogP contribution >= 0.6 is 0 Å². The van der Waals surface area contributed by atoms with Crippen molar-refractivity contribution in [1.29, 1.82) is 0 Å². The molecule has 1 heterocycles. The van der Waals surface area contributed by atoms with Crippen molar-refractivity contribution in [3.05, 3.63) is 12.2 Å². The zero-order valence-corrected chi connectivity index (χ0v) is 32.7. The van der Waals surface area contributed by atoms with Crippen molar-refractivity contribution >= 4 is 17.9 Å². The molecule has 50 heavy (non-hydrogen) atoms. The first kappa shape index (κ1) is 37.8. The summed E-state index contributed by atoms with van der Waals surface area (Å²) in [6.07, 6.45) is 9.68. The lowest BCUT2D eigenvalue weighted by molar-refractivity contribution is -0.299. The Bertz CT molecular complexity index is 1360. The number of carbonyl (C=O) groups excluding carboxylic acids is 3. The molecule has 1 aliphatic heterocycles. The van der Waals surface area contributed by atoms with Crippen LogP contribution in [-0.4, -0.2) is 55.2 Å². The van der Waals surface area contributed by atoms with Crippen molar-refractivity contribution in [3.63, 3.8) is 0 Å². The van der Waals surface area contributed by atoms with Crippen LogP contribution < -0.4 is 0 Å². The van der Waals surface area contributed by atoms with Gasteiger partial charge in [0.1, 0.15) is 6.10 Å². The van der Waals surface area contributed by atoms with Crippen molar-refractivity contribution in [2.45, 2.75) is 171 Å². The van der Waals surface area contributed by atoms with E-state index in [1.54, 1.807) is 6.92 Å². The molecule has 0 bridgehead atoms. The Morgan fingerprint density at radius 1 is 0.760 bits per heavy atom. The summed E-state index contributed by atoms with van der Waals surface area (Å²) in [5.41, 5.74) is 1.95. The van der Waals surface area contributed by atoms with Crippen LogP contribution in [0.3, 0.4) is 0 Å². The second-order valence-electron chi connectivity index (χ2n) is 19.0. The Balaban J connectivity index is 1.22. The van der Waals surface area contributed by atoms with E-state index < -0.39 is 36.5 Å². The third-order valence-electron chi connectivity index (χ3n) is 16.3. The van der Waals surface area contributed by atoms with Gasteiger partial charge in [0.2, 0.25) is 0 Å². The van der Waals surface area contributed by atoms with Gasteiger partial charge in [0.25, 0.3) is 0 Å². The minimum absolute atomic E-state index is 0.00342. The smallest absolute Gasteiger partial charge is 0.303 e. The highest BCUT2D eigenvalue weighted by molar-refractivity contribution is 5.67. The van der Waals surface area contributed by atoms with Crippen LogP contribution in [0.25, 0.3) is 0 Å². The van der Waals surface area contributed by atoms with Gasteiger partial charge in [-0.3, -0.25) is 14.4 Å². The molecule has 0 spiro atoms. The van der Waals surface area contributed by atoms with Crippen LogP contribution in [-0.2, 0) is 38.1 Å². The molecule has 0 N–H and O–H groups in total. The number of hydrogen-bond acceptors (Lipinski definition) is 8. The zero-order chi connectivity index (χ0) is 36.6. The maximum atomic E-state index is 12.1. The number of rotatable bonds is 7. The molecule has 8 heteroatoms. The molecule has 6 fully saturated rings. The van der Waals surface area contributed by atoms with Crippen LogP contribution in [0.2, 0.25) is 0 Å². The van der Waals surface area contributed by atoms with Crippen molar-refractivity contribution in [2.75, 3.05) is 6.61 Å². The van der Waals surface area contributed by atoms with Gasteiger partial charge in [0, 0.05) is 32.6 Å². The maximum absolute atomic E-state index is 12.1. The first-order chi connectivity index (χ1) is 23.3. The third kappa shape index (κ3) is 5.98. The first-order valence-electron chi connectivity index (χ1n) is 19.7. The second kappa shape index (κ2) is 13.2. The highest BCUT2D eigenvalue weighted by Gasteiger charge is 2.71. The predicted molar refractivity (Wildman–Crippen MR) is 191 cm³/mol. The SMILES string of the molecule is C=C(C)[C@@H]1CC[C@]2(COC(C)=O)CC[C@]3(C)[C@H](CC[C@@H]4[C@@]5(C)CC[C@H](O[C@H]6C[C@H](OC(C)=O)[C@@H](OC(C)=O)[C@H](C)O6)C(C)(C)[C@@H]5CC[C@]43C)[C@@H]12. The Hall–Kier alpha value is -1.93. The van der Waals surface area contributed by atoms with Gasteiger partial charge in [-0.1, -0.05) is 46.8 Å². The fourth-order valence-corrected chi connectivity index (χ4v) is 14.0. The molecular weight excluding hydrogens is 632 g/mol. The summed E-state index contributed by atoms with van der Waals surface area (Å²) in [7, 11) is 0. The largest absolute Gasteiger partial charge is 0.465 e. The molecule has 6 rings (SSSR count). The van der Waals surface area contributed by atoms with Gasteiger partial charge in [-0.15, -0.1) is 0 Å². The van der Waals surface area contributed by atoms with Crippen LogP contribution in [0.4, 0.5) is 0 Å². The number of carbonyl (C=O) groups is 3. The van der Waals surface area contributed by atoms with Gasteiger partial charge in [-0.05, 0) is 129 Å². The van der Waals surface area contributed by atoms with Crippen LogP contribution in [0, 0.1) is 56.7 Å². The molecule has 0 amide bonds. The minimum Gasteiger partial charge on any atom is -0.465 e. The number of ether oxygens (including phenoxy) is 5. The van der Waals surface area contributed by atoms with E-state index in [0.29, 0.717) is 42.6 Å². The van der Waals surface area contributed by atoms with Gasteiger partial charge in [0.15, 0.2) is 12.4 Å². The lowest BCUT2D eigenvalue weighted by atomic mass is 9.32. The molecule has 14 atom stereocenters. The average Bonchev–Trinajstić information content (AvgIpc) is 3.40. The molecule has 8 nitrogen and oxygen atoms in total. The highest BCUT2D eigenvalue weighted by Crippen LogP contribution is 2.77. The van der Waals surface area contributed by atoms with Gasteiger partial charge < -0.3 is 23.7 Å². The van der Waals surface area contributed by atoms with Gasteiger partial charge in [-0.2, -0.15) is 0 Å². The Morgan fingerprint density at radius 2 is 1.46 bits per heavy atom. The molecule has 0 aromatic rings. The highest BCUT2D eigenvalue weighted by atomic mass is 16.7. The molecule has 5 aliphatic carbocycles. The van der Waals surface area contributed by atoms with E-state index in [0.717, 1.165) is 25.7 Å². The molecule has 0 radical (unpaired) electrons. The second-order valence-corrected chi connectivity index (χ2v) is 19.0. The molecular formula is C42H66O8. The molecule has 1 saturated heterocycles. The molecule has 0 unspecified atom stereocenters. The number of hydrogen-bond donors (Lipinski definition) is 0. The van der Waals surface area contributed by atoms with Crippen LogP contribution in [0.1, 0.15) is 140 Å². The molecule has 5 saturated carbocycles. The van der Waals surface area contributed by atoms with Gasteiger partial charge in [-0.25, -0.2) is 0 Å². The minimum atomic E-state index is -0.659. The molecule has 282 valence electrons. The molecule has 6 aliphatic rings. The third-order valence-corrected chi connectivity index (χ3v) is 16.3. The van der Waals surface area contributed by atoms with E-state index in [1.807, 2.05) is 6.92 Å². The summed E-state index contributed by atoms with van der Waals surface area (Å²) in [4.78, 5) is 35.9. The van der Waals surface area contributed by atoms with Crippen molar-refractivity contribution in [2.24, 2.45) is 56.7 Å². The zero-order valence-electron chi connectivity index (χ0n) is 32.7. The number of esters is 3. The maximum Gasteiger partial charge on any atom is 0.303 e. The van der Waals surface area contributed by atoms with Crippen molar-refractivity contribution in [1.82, 2.24) is 0 Å². The Labute approximate surface area is 301 Å². The molecule has 0 aromatic heterocycles. The van der Waals surface area contributed by atoms with Crippen LogP contribution in [0.5, 0.6) is 0 Å². The molecule has 0 aromatic carbocycles. The van der Waals surface area contributed by atoms with E-state index >= 15 is 0 Å². The van der Waals surface area contributed by atoms with E-state index in [4.69, 9.17) is 23.7 Å². The van der Waals surface area contributed by atoms with E-state index in [-0.39, 0.29) is 39.1 Å². The quantitative estimate of drug-likeness (QED) is 0.113. The summed E-state index contributed by atoms with van der Waals surface area (Å²) >= 11 is 0. The topological polar surface area (TPSA) is 97.4 Å². The summed E-state index contributed by atoms with van der Waals surface area (Å²) < 4.78 is 30.2. The summed E-state index contributed by atoms with van der Waals surface area (Å²) in [5, 5.41) is 0. The van der Waals surface area contributed by atoms with Crippen molar-refractivity contribution < 1.29 is 38.1 Å². The van der Waals surface area contributed by atoms with E-state index in [9.17, 15) is 14.4 Å². The standard InChI is InChI=1S/C42H66O8/c1-24(2)29-14-19-42(23-46-26(4)43)21-20-40(10)30(36(29)42)12-13-33-39(9)17-16-34(38(7,8)32(39)15-18-41(33,40)11)50-35-22-31(48-27(5)44)37(25(3)47-35)49-28(6)45/h25,29-37H,1,12-23H2,2-11H3/t25-,29-,30+,31-,32-,33+,34-,35-,36+,37-,39-,40+,41+,42+/m0/s1. The van der Waals surface area contributed by atoms with Crippen molar-refractivity contribution in [3.8, 4) is 0 Å². The Morgan fingerprint density at radius 3 is 2.10 bits per heavy atom. The number of fused-ring (bicyclic) bond motifs is 7. The lowest BCUT2D eigenvalue weighted by Gasteiger charge is -2.73. The predicted octanol–water partition coefficient (Wildman–Crippen LogP) is 8.59. The first-order valence-corrected chi connectivity index (χ1v) is 19.7. The van der Waals surface area contributed by atoms with Gasteiger partial charge >= 0.3 is 17.9 Å². The average molecular weight is 699 g/mol. The fraction of sp³-hybridized carbons (Fsp3) is 0.881. The summed E-state index contributed by atoms with van der Waals surface area (Å²) in [6, 6.07) is 0. The number of allylic oxidation sites excluding steroid dienone is 1. The van der Waals surface area contributed by atoms with Crippen LogP contribution in [0.15, 0.2) is 12.2 Å².